The highest BCUT2D eigenvalue weighted by Gasteiger charge is 2.28. The van der Waals surface area contributed by atoms with Crippen molar-refractivity contribution < 1.29 is 4.79 Å². The van der Waals surface area contributed by atoms with E-state index < -0.39 is 0 Å². The number of carbonyl (C=O) groups excluding carboxylic acids is 1. The lowest BCUT2D eigenvalue weighted by Crippen LogP contribution is -2.32. The van der Waals surface area contributed by atoms with Gasteiger partial charge in [0.1, 0.15) is 5.69 Å². The Kier molecular flexibility index (Phi) is 3.67. The third kappa shape index (κ3) is 2.66. The van der Waals surface area contributed by atoms with Crippen LogP contribution in [0.1, 0.15) is 72.4 Å². The predicted molar refractivity (Wildman–Crippen MR) is 86.1 cm³/mol. The van der Waals surface area contributed by atoms with Crippen molar-refractivity contribution in [2.45, 2.75) is 57.0 Å². The molecular weight excluding hydrogens is 290 g/mol. The third-order valence-corrected chi connectivity index (χ3v) is 5.17. The summed E-state index contributed by atoms with van der Waals surface area (Å²) in [5, 5.41) is 12.1. The Morgan fingerprint density at radius 3 is 2.83 bits per heavy atom. The summed E-state index contributed by atoms with van der Waals surface area (Å²) in [5.41, 5.74) is 2.96. The van der Waals surface area contributed by atoms with Crippen molar-refractivity contribution in [1.29, 1.82) is 0 Å². The highest BCUT2D eigenvalue weighted by Crippen LogP contribution is 2.33. The maximum Gasteiger partial charge on any atom is 0.270 e. The zero-order valence-electron chi connectivity index (χ0n) is 13.5. The smallest absolute Gasteiger partial charge is 0.270 e. The number of aryl methyl sites for hydroxylation is 2. The number of fused-ring (bicyclic) bond motifs is 1. The molecule has 1 saturated carbocycles. The molecule has 23 heavy (non-hydrogen) atoms. The van der Waals surface area contributed by atoms with E-state index in [-0.39, 0.29) is 11.9 Å². The summed E-state index contributed by atoms with van der Waals surface area (Å²) in [4.78, 5) is 12.5. The molecule has 0 aliphatic heterocycles. The van der Waals surface area contributed by atoms with Gasteiger partial charge in [-0.25, -0.2) is 0 Å². The average Bonchev–Trinajstić information content (AvgIpc) is 3.27. The molecule has 0 aromatic carbocycles. The normalized spacial score (nSPS) is 21.3. The van der Waals surface area contributed by atoms with E-state index in [2.05, 4.69) is 21.3 Å². The third-order valence-electron chi connectivity index (χ3n) is 5.17. The van der Waals surface area contributed by atoms with Crippen molar-refractivity contribution in [3.05, 3.63) is 35.4 Å². The summed E-state index contributed by atoms with van der Waals surface area (Å²) in [6.07, 6.45) is 12.0. The van der Waals surface area contributed by atoms with Crippen molar-refractivity contribution >= 4 is 5.91 Å². The summed E-state index contributed by atoms with van der Waals surface area (Å²) in [6, 6.07) is 2.31. The summed E-state index contributed by atoms with van der Waals surface area (Å²) < 4.78 is 3.77. The second-order valence-electron chi connectivity index (χ2n) is 6.72. The summed E-state index contributed by atoms with van der Waals surface area (Å²) in [6.45, 7) is 0. The summed E-state index contributed by atoms with van der Waals surface area (Å²) in [5.74, 6) is -0.0710. The molecule has 2 aromatic heterocycles. The average molecular weight is 313 g/mol. The number of rotatable bonds is 3. The molecule has 6 nitrogen and oxygen atoms in total. The van der Waals surface area contributed by atoms with E-state index >= 15 is 0 Å². The van der Waals surface area contributed by atoms with Crippen LogP contribution in [-0.4, -0.2) is 25.5 Å². The minimum atomic E-state index is -0.0710. The minimum absolute atomic E-state index is 0.0174. The number of aromatic nitrogens is 4. The maximum atomic E-state index is 12.5. The molecule has 4 rings (SSSR count). The second kappa shape index (κ2) is 5.83. The molecule has 0 unspecified atom stereocenters. The first-order valence-electron chi connectivity index (χ1n) is 8.59. The van der Waals surface area contributed by atoms with Crippen LogP contribution in [0.4, 0.5) is 0 Å². The molecule has 122 valence electrons. The SMILES string of the molecule is Cn1nccc1C(=O)N[C@H]1CCCc2cn(C3CCCC3)nc21. The molecule has 1 atom stereocenters. The van der Waals surface area contributed by atoms with Crippen LogP contribution in [0.3, 0.4) is 0 Å². The van der Waals surface area contributed by atoms with Gasteiger partial charge in [0.2, 0.25) is 0 Å². The van der Waals surface area contributed by atoms with Gasteiger partial charge in [0.25, 0.3) is 5.91 Å². The molecule has 2 aliphatic rings. The van der Waals surface area contributed by atoms with Crippen LogP contribution in [0.25, 0.3) is 0 Å². The van der Waals surface area contributed by atoms with E-state index in [4.69, 9.17) is 5.10 Å². The van der Waals surface area contributed by atoms with E-state index in [9.17, 15) is 4.79 Å². The van der Waals surface area contributed by atoms with E-state index in [1.165, 1.54) is 31.2 Å². The van der Waals surface area contributed by atoms with Crippen molar-refractivity contribution in [1.82, 2.24) is 24.9 Å². The van der Waals surface area contributed by atoms with Crippen molar-refractivity contribution in [3.63, 3.8) is 0 Å². The van der Waals surface area contributed by atoms with Gasteiger partial charge in [-0.15, -0.1) is 0 Å². The van der Waals surface area contributed by atoms with Crippen LogP contribution < -0.4 is 5.32 Å². The zero-order valence-corrected chi connectivity index (χ0v) is 13.5. The molecule has 1 N–H and O–H groups in total. The Labute approximate surface area is 135 Å². The number of hydrogen-bond donors (Lipinski definition) is 1. The highest BCUT2D eigenvalue weighted by atomic mass is 16.2. The maximum absolute atomic E-state index is 12.5. The van der Waals surface area contributed by atoms with Gasteiger partial charge in [-0.3, -0.25) is 14.2 Å². The largest absolute Gasteiger partial charge is 0.342 e. The molecule has 1 fully saturated rings. The number of amides is 1. The Hall–Kier alpha value is -2.11. The molecule has 2 aliphatic carbocycles. The van der Waals surface area contributed by atoms with Gasteiger partial charge in [0.15, 0.2) is 0 Å². The highest BCUT2D eigenvalue weighted by molar-refractivity contribution is 5.92. The van der Waals surface area contributed by atoms with Gasteiger partial charge >= 0.3 is 0 Å². The van der Waals surface area contributed by atoms with Crippen LogP contribution in [0.5, 0.6) is 0 Å². The zero-order chi connectivity index (χ0) is 15.8. The molecule has 2 aromatic rings. The molecule has 0 saturated heterocycles. The van der Waals surface area contributed by atoms with Crippen molar-refractivity contribution in [2.75, 3.05) is 0 Å². The van der Waals surface area contributed by atoms with Crippen LogP contribution in [-0.2, 0) is 13.5 Å². The van der Waals surface area contributed by atoms with Crippen LogP contribution in [0, 0.1) is 0 Å². The van der Waals surface area contributed by atoms with Crippen LogP contribution in [0.2, 0.25) is 0 Å². The molecule has 2 heterocycles. The van der Waals surface area contributed by atoms with Gasteiger partial charge in [-0.1, -0.05) is 12.8 Å². The van der Waals surface area contributed by atoms with Gasteiger partial charge in [-0.2, -0.15) is 10.2 Å². The lowest BCUT2D eigenvalue weighted by atomic mass is 9.93. The summed E-state index contributed by atoms with van der Waals surface area (Å²) >= 11 is 0. The quantitative estimate of drug-likeness (QED) is 0.947. The Morgan fingerprint density at radius 2 is 2.09 bits per heavy atom. The topological polar surface area (TPSA) is 64.7 Å². The fourth-order valence-electron chi connectivity index (χ4n) is 3.89. The monoisotopic (exact) mass is 313 g/mol. The fourth-order valence-corrected chi connectivity index (χ4v) is 3.89. The Balaban J connectivity index is 1.55. The summed E-state index contributed by atoms with van der Waals surface area (Å²) in [7, 11) is 1.79. The first-order valence-corrected chi connectivity index (χ1v) is 8.59. The van der Waals surface area contributed by atoms with Gasteiger partial charge in [0.05, 0.1) is 17.8 Å². The molecule has 0 spiro atoms. The standard InChI is InChI=1S/C17H23N5O/c1-21-15(9-10-18-21)17(23)19-14-8-4-5-12-11-22(20-16(12)14)13-6-2-3-7-13/h9-11,13-14H,2-8H2,1H3,(H,19,23)/t14-/m0/s1. The lowest BCUT2D eigenvalue weighted by Gasteiger charge is -2.22. The van der Waals surface area contributed by atoms with Gasteiger partial charge in [-0.05, 0) is 43.7 Å². The van der Waals surface area contributed by atoms with Crippen molar-refractivity contribution in [3.8, 4) is 0 Å². The second-order valence-corrected chi connectivity index (χ2v) is 6.72. The van der Waals surface area contributed by atoms with E-state index in [1.807, 2.05) is 0 Å². The molecule has 6 heteroatoms. The number of nitrogens with one attached hydrogen (secondary N) is 1. The molecule has 0 bridgehead atoms. The van der Waals surface area contributed by atoms with Crippen molar-refractivity contribution in [2.24, 2.45) is 7.05 Å². The molecule has 1 amide bonds. The Bertz CT molecular complexity index is 710. The number of hydrogen-bond acceptors (Lipinski definition) is 3. The first-order chi connectivity index (χ1) is 11.2. The van der Waals surface area contributed by atoms with E-state index in [1.54, 1.807) is 24.0 Å². The lowest BCUT2D eigenvalue weighted by molar-refractivity contribution is 0.0922. The molecule has 0 radical (unpaired) electrons. The fraction of sp³-hybridized carbons (Fsp3) is 0.588. The first kappa shape index (κ1) is 14.5. The number of nitrogens with zero attached hydrogens (tertiary/aromatic N) is 4. The van der Waals surface area contributed by atoms with E-state index in [0.29, 0.717) is 11.7 Å². The minimum Gasteiger partial charge on any atom is -0.342 e. The Morgan fingerprint density at radius 1 is 1.26 bits per heavy atom. The predicted octanol–water partition coefficient (Wildman–Crippen LogP) is 2.54. The molecular formula is C17H23N5O. The van der Waals surface area contributed by atoms with E-state index in [0.717, 1.165) is 25.0 Å². The van der Waals surface area contributed by atoms with Gasteiger partial charge in [0, 0.05) is 19.4 Å². The van der Waals surface area contributed by atoms with Gasteiger partial charge < -0.3 is 5.32 Å². The number of carbonyl (C=O) groups is 1. The van der Waals surface area contributed by atoms with Crippen LogP contribution >= 0.6 is 0 Å². The van der Waals surface area contributed by atoms with Crippen LogP contribution in [0.15, 0.2) is 18.5 Å².